The largest absolute Gasteiger partial charge is 0.327 e. The predicted octanol–water partition coefficient (Wildman–Crippen LogP) is 5.78. The van der Waals surface area contributed by atoms with Gasteiger partial charge in [0.1, 0.15) is 5.82 Å². The number of nitrogens with one attached hydrogen (secondary N) is 1. The lowest BCUT2D eigenvalue weighted by Crippen LogP contribution is -2.16. The predicted molar refractivity (Wildman–Crippen MR) is 161 cm³/mol. The molecule has 1 N–H and O–H groups in total. The summed E-state index contributed by atoms with van der Waals surface area (Å²) in [4.78, 5) is 33.9. The maximum absolute atomic E-state index is 13.0. The van der Waals surface area contributed by atoms with Crippen molar-refractivity contribution in [2.45, 2.75) is 39.7 Å². The van der Waals surface area contributed by atoms with E-state index < -0.39 is 5.91 Å². The first-order chi connectivity index (χ1) is 20.6. The number of carbonyl (C=O) groups is 2. The number of aromatic nitrogens is 6. The molecular weight excluding hydrogens is 526 g/mol. The Morgan fingerprint density at radius 1 is 1.02 bits per heavy atom. The van der Waals surface area contributed by atoms with Gasteiger partial charge in [-0.05, 0) is 53.0 Å². The summed E-state index contributed by atoms with van der Waals surface area (Å²) in [6.45, 7) is 4.79. The number of aldehydes is 1. The van der Waals surface area contributed by atoms with E-state index in [0.717, 1.165) is 57.9 Å². The Morgan fingerprint density at radius 3 is 2.52 bits per heavy atom. The highest BCUT2D eigenvalue weighted by atomic mass is 16.1. The van der Waals surface area contributed by atoms with E-state index in [1.54, 1.807) is 24.3 Å². The second-order valence-corrected chi connectivity index (χ2v) is 10.3. The second kappa shape index (κ2) is 11.7. The van der Waals surface area contributed by atoms with Crippen molar-refractivity contribution in [2.75, 3.05) is 0 Å². The number of aromatic amines is 1. The van der Waals surface area contributed by atoms with Gasteiger partial charge in [-0.2, -0.15) is 5.21 Å². The minimum atomic E-state index is -0.420. The van der Waals surface area contributed by atoms with Crippen molar-refractivity contribution >= 4 is 23.5 Å². The number of rotatable bonds is 8. The lowest BCUT2D eigenvalue weighted by molar-refractivity contribution is 0.0995. The van der Waals surface area contributed by atoms with E-state index >= 15 is 0 Å². The molecule has 5 aromatic rings. The molecule has 1 aliphatic rings. The number of fused-ring (bicyclic) bond motifs is 1. The summed E-state index contributed by atoms with van der Waals surface area (Å²) in [5.74, 6) is 1.15. The lowest BCUT2D eigenvalue weighted by atomic mass is 9.98. The number of hydrogen-bond acceptors (Lipinski definition) is 6. The third-order valence-electron chi connectivity index (χ3n) is 7.41. The Balaban J connectivity index is 1.31. The highest BCUT2D eigenvalue weighted by Gasteiger charge is 2.24. The summed E-state index contributed by atoms with van der Waals surface area (Å²) in [7, 11) is 0. The van der Waals surface area contributed by atoms with E-state index in [9.17, 15) is 9.59 Å². The van der Waals surface area contributed by atoms with Crippen LogP contribution in [0.4, 0.5) is 0 Å². The monoisotopic (exact) mass is 555 g/mol. The normalized spacial score (nSPS) is 13.6. The molecular formula is C33H29N7O2. The molecule has 6 rings (SSSR count). The fourth-order valence-corrected chi connectivity index (χ4v) is 5.41. The molecule has 0 unspecified atom stereocenters. The maximum atomic E-state index is 13.0. The lowest BCUT2D eigenvalue weighted by Gasteiger charge is -2.17. The molecule has 0 radical (unpaired) electrons. The van der Waals surface area contributed by atoms with Crippen LogP contribution >= 0.6 is 0 Å². The van der Waals surface area contributed by atoms with E-state index in [-0.39, 0.29) is 0 Å². The molecule has 208 valence electrons. The van der Waals surface area contributed by atoms with E-state index in [2.05, 4.69) is 67.4 Å². The van der Waals surface area contributed by atoms with Crippen molar-refractivity contribution in [1.82, 2.24) is 30.2 Å². The Morgan fingerprint density at radius 2 is 1.79 bits per heavy atom. The molecule has 1 aliphatic carbocycles. The van der Waals surface area contributed by atoms with Crippen LogP contribution < -0.4 is 0 Å². The number of allylic oxidation sites excluding steroid dienone is 2. The topological polar surface area (TPSA) is 119 Å². The molecule has 0 spiro atoms. The zero-order valence-electron chi connectivity index (χ0n) is 23.4. The molecule has 1 amide bonds. The van der Waals surface area contributed by atoms with Crippen molar-refractivity contribution in [3.05, 3.63) is 113 Å². The van der Waals surface area contributed by atoms with Crippen molar-refractivity contribution < 1.29 is 9.59 Å². The summed E-state index contributed by atoms with van der Waals surface area (Å²) in [6.07, 6.45) is 4.90. The summed E-state index contributed by atoms with van der Waals surface area (Å²) >= 11 is 0. The van der Waals surface area contributed by atoms with Gasteiger partial charge in [-0.15, -0.1) is 10.2 Å². The second-order valence-electron chi connectivity index (χ2n) is 10.3. The fourth-order valence-electron chi connectivity index (χ4n) is 5.41. The van der Waals surface area contributed by atoms with Crippen LogP contribution in [0.5, 0.6) is 0 Å². The first-order valence-electron chi connectivity index (χ1n) is 13.9. The van der Waals surface area contributed by atoms with Crippen molar-refractivity contribution in [1.29, 1.82) is 0 Å². The highest BCUT2D eigenvalue weighted by Crippen LogP contribution is 2.31. The molecule has 0 saturated carbocycles. The minimum Gasteiger partial charge on any atom is -0.327 e. The van der Waals surface area contributed by atoms with Gasteiger partial charge < -0.3 is 4.57 Å². The molecule has 0 saturated heterocycles. The van der Waals surface area contributed by atoms with Crippen LogP contribution in [0.1, 0.15) is 63.8 Å². The molecule has 3 aromatic carbocycles. The van der Waals surface area contributed by atoms with Gasteiger partial charge in [-0.3, -0.25) is 9.59 Å². The summed E-state index contributed by atoms with van der Waals surface area (Å²) in [5.41, 5.74) is 8.38. The molecule has 0 aliphatic heterocycles. The molecule has 9 nitrogen and oxygen atoms in total. The van der Waals surface area contributed by atoms with Gasteiger partial charge in [0.2, 0.25) is 5.82 Å². The summed E-state index contributed by atoms with van der Waals surface area (Å²) in [5, 5.41) is 14.5. The van der Waals surface area contributed by atoms with Crippen LogP contribution in [-0.4, -0.2) is 48.1 Å². The average Bonchev–Trinajstić information content (AvgIpc) is 3.67. The highest BCUT2D eigenvalue weighted by molar-refractivity contribution is 6.13. The number of imidazole rings is 1. The first-order valence-corrected chi connectivity index (χ1v) is 13.9. The van der Waals surface area contributed by atoms with Crippen LogP contribution in [0, 0.1) is 0 Å². The van der Waals surface area contributed by atoms with Gasteiger partial charge in [0, 0.05) is 30.5 Å². The smallest absolute Gasteiger partial charge is 0.277 e. The van der Waals surface area contributed by atoms with Gasteiger partial charge >= 0.3 is 0 Å². The summed E-state index contributed by atoms with van der Waals surface area (Å²) in [6, 6.07) is 23.2. The first kappa shape index (κ1) is 26.9. The van der Waals surface area contributed by atoms with Gasteiger partial charge in [0.15, 0.2) is 6.29 Å². The average molecular weight is 556 g/mol. The summed E-state index contributed by atoms with van der Waals surface area (Å²) < 4.78 is 2.26. The third-order valence-corrected chi connectivity index (χ3v) is 7.41. The molecule has 0 atom stereocenters. The fraction of sp³-hybridized carbons (Fsp3) is 0.182. The minimum absolute atomic E-state index is 0.304. The number of aliphatic imine (C=N–C) groups is 1. The van der Waals surface area contributed by atoms with Crippen LogP contribution in [0.15, 0.2) is 83.9 Å². The zero-order chi connectivity index (χ0) is 29.1. The Bertz CT molecular complexity index is 1830. The third kappa shape index (κ3) is 5.24. The molecule has 0 bridgehead atoms. The van der Waals surface area contributed by atoms with Gasteiger partial charge in [0.05, 0.1) is 22.7 Å². The number of nitrogens with zero attached hydrogens (tertiary/aromatic N) is 6. The number of H-pyrrole nitrogens is 1. The van der Waals surface area contributed by atoms with E-state index in [0.29, 0.717) is 41.9 Å². The molecule has 0 fully saturated rings. The van der Waals surface area contributed by atoms with Crippen LogP contribution in [0.2, 0.25) is 0 Å². The number of tetrazole rings is 1. The molecule has 42 heavy (non-hydrogen) atoms. The Hall–Kier alpha value is -5.31. The zero-order valence-corrected chi connectivity index (χ0v) is 23.4. The van der Waals surface area contributed by atoms with Gasteiger partial charge in [-0.25, -0.2) is 9.98 Å². The van der Waals surface area contributed by atoms with Crippen LogP contribution in [0.3, 0.4) is 0 Å². The van der Waals surface area contributed by atoms with Crippen molar-refractivity contribution in [3.8, 4) is 22.5 Å². The van der Waals surface area contributed by atoms with E-state index in [1.165, 1.54) is 0 Å². The number of hydrogen-bond donors (Lipinski definition) is 1. The number of benzene rings is 3. The Labute approximate surface area is 243 Å². The molecule has 2 heterocycles. The van der Waals surface area contributed by atoms with E-state index in [4.69, 9.17) is 4.98 Å². The van der Waals surface area contributed by atoms with Crippen LogP contribution in [-0.2, 0) is 19.4 Å². The maximum Gasteiger partial charge on any atom is 0.277 e. The van der Waals surface area contributed by atoms with Gasteiger partial charge in [-0.1, -0.05) is 73.7 Å². The molecule has 9 heteroatoms. The van der Waals surface area contributed by atoms with Crippen molar-refractivity contribution in [2.24, 2.45) is 4.99 Å². The van der Waals surface area contributed by atoms with Gasteiger partial charge in [0.25, 0.3) is 5.91 Å². The SMILES string of the molecule is CCCc1nc2c(n1Cc1ccc(-c3ccccc3-c3nn[nH]n3)cc1)CC(=NC(=O)c1ccccc1C=O)C=C2C. The number of carbonyl (C=O) groups excluding carboxylic acids is 2. The van der Waals surface area contributed by atoms with Crippen molar-refractivity contribution in [3.63, 3.8) is 0 Å². The number of amides is 1. The standard InChI is InChI=1S/C33H29N7O2/c1-3-8-30-35-31-21(2)17-25(34-33(42)27-11-5-4-9-24(27)20-41)18-29(31)40(30)19-22-13-15-23(16-14-22)26-10-6-7-12-28(26)32-36-38-39-37-32/h4-7,9-17,20H,3,8,18-19H2,1-2H3,(H,36,37,38,39). The van der Waals surface area contributed by atoms with Crippen LogP contribution in [0.25, 0.3) is 28.1 Å². The Kier molecular flexibility index (Phi) is 7.47. The molecule has 2 aromatic heterocycles. The quantitative estimate of drug-likeness (QED) is 0.242. The number of aryl methyl sites for hydroxylation is 1. The van der Waals surface area contributed by atoms with E-state index in [1.807, 2.05) is 31.2 Å².